The summed E-state index contributed by atoms with van der Waals surface area (Å²) in [5.74, 6) is -1.67. The second-order valence-electron chi connectivity index (χ2n) is 4.80. The van der Waals surface area contributed by atoms with Gasteiger partial charge in [0.15, 0.2) is 0 Å². The van der Waals surface area contributed by atoms with Gasteiger partial charge in [-0.05, 0) is 18.8 Å². The van der Waals surface area contributed by atoms with E-state index in [1.165, 1.54) is 0 Å². The zero-order valence-corrected chi connectivity index (χ0v) is 9.34. The van der Waals surface area contributed by atoms with Gasteiger partial charge in [-0.2, -0.15) is 13.2 Å². The molecule has 0 spiro atoms. The van der Waals surface area contributed by atoms with Crippen LogP contribution in [0.15, 0.2) is 0 Å². The summed E-state index contributed by atoms with van der Waals surface area (Å²) in [4.78, 5) is 11.6. The van der Waals surface area contributed by atoms with Crippen LogP contribution in [-0.4, -0.2) is 40.8 Å². The number of hydrogen-bond donors (Lipinski definition) is 1. The van der Waals surface area contributed by atoms with Gasteiger partial charge in [0.1, 0.15) is 0 Å². The van der Waals surface area contributed by atoms with E-state index in [2.05, 4.69) is 0 Å². The van der Waals surface area contributed by atoms with Crippen molar-refractivity contribution < 1.29 is 23.1 Å². The van der Waals surface area contributed by atoms with E-state index in [0.29, 0.717) is 11.3 Å². The standard InChI is InChI=1S/C10H16F3NO2/c1-7(2)5-9(16)3-4-14(6-9)8(15)10(11,12)13/h7,16H,3-6H2,1-2H3. The summed E-state index contributed by atoms with van der Waals surface area (Å²) < 4.78 is 36.4. The van der Waals surface area contributed by atoms with E-state index < -0.39 is 17.7 Å². The molecular formula is C10H16F3NO2. The van der Waals surface area contributed by atoms with E-state index in [4.69, 9.17) is 0 Å². The molecule has 0 aromatic heterocycles. The van der Waals surface area contributed by atoms with E-state index in [1.54, 1.807) is 0 Å². The maximum absolute atomic E-state index is 12.1. The zero-order chi connectivity index (χ0) is 12.6. The summed E-state index contributed by atoms with van der Waals surface area (Å²) in [6, 6.07) is 0. The molecule has 1 atom stereocenters. The summed E-state index contributed by atoms with van der Waals surface area (Å²) in [7, 11) is 0. The van der Waals surface area contributed by atoms with Crippen LogP contribution in [0.4, 0.5) is 13.2 Å². The van der Waals surface area contributed by atoms with Crippen molar-refractivity contribution in [2.45, 2.75) is 38.5 Å². The van der Waals surface area contributed by atoms with Crippen molar-refractivity contribution >= 4 is 5.91 Å². The Morgan fingerprint density at radius 1 is 1.50 bits per heavy atom. The van der Waals surface area contributed by atoms with Gasteiger partial charge in [0.2, 0.25) is 0 Å². The molecule has 1 amide bonds. The maximum Gasteiger partial charge on any atom is 0.471 e. The molecule has 0 aromatic carbocycles. The van der Waals surface area contributed by atoms with Crippen LogP contribution in [0.1, 0.15) is 26.7 Å². The lowest BCUT2D eigenvalue weighted by molar-refractivity contribution is -0.185. The summed E-state index contributed by atoms with van der Waals surface area (Å²) in [6.07, 6.45) is -4.22. The third-order valence-corrected chi connectivity index (χ3v) is 2.65. The molecule has 6 heteroatoms. The summed E-state index contributed by atoms with van der Waals surface area (Å²) in [6.45, 7) is 3.52. The normalized spacial score (nSPS) is 26.6. The van der Waals surface area contributed by atoms with Crippen molar-refractivity contribution in [2.24, 2.45) is 5.92 Å². The molecule has 0 aromatic rings. The van der Waals surface area contributed by atoms with E-state index in [1.807, 2.05) is 13.8 Å². The predicted octanol–water partition coefficient (Wildman–Crippen LogP) is 1.56. The number of nitrogens with zero attached hydrogens (tertiary/aromatic N) is 1. The number of β-amino-alcohol motifs (C(OH)–C–C–N with tert-alkyl or cyclic N) is 1. The first kappa shape index (κ1) is 13.3. The van der Waals surface area contributed by atoms with Gasteiger partial charge in [0.05, 0.1) is 5.60 Å². The molecule has 0 saturated carbocycles. The third kappa shape index (κ3) is 3.10. The Morgan fingerprint density at radius 3 is 2.50 bits per heavy atom. The van der Waals surface area contributed by atoms with Crippen molar-refractivity contribution in [2.75, 3.05) is 13.1 Å². The quantitative estimate of drug-likeness (QED) is 0.794. The molecular weight excluding hydrogens is 223 g/mol. The van der Waals surface area contributed by atoms with Gasteiger partial charge in [-0.3, -0.25) is 4.79 Å². The van der Waals surface area contributed by atoms with Crippen LogP contribution in [0.2, 0.25) is 0 Å². The molecule has 1 rings (SSSR count). The monoisotopic (exact) mass is 239 g/mol. The van der Waals surface area contributed by atoms with Gasteiger partial charge >= 0.3 is 12.1 Å². The lowest BCUT2D eigenvalue weighted by atomic mass is 9.92. The van der Waals surface area contributed by atoms with Crippen molar-refractivity contribution in [3.63, 3.8) is 0 Å². The van der Waals surface area contributed by atoms with E-state index in [0.717, 1.165) is 0 Å². The van der Waals surface area contributed by atoms with Gasteiger partial charge < -0.3 is 10.0 Å². The molecule has 1 heterocycles. The highest BCUT2D eigenvalue weighted by Crippen LogP contribution is 2.30. The van der Waals surface area contributed by atoms with Crippen molar-refractivity contribution in [3.05, 3.63) is 0 Å². The lowest BCUT2D eigenvalue weighted by Crippen LogP contribution is -2.42. The number of carbonyl (C=O) groups excluding carboxylic acids is 1. The Hall–Kier alpha value is -0.780. The fourth-order valence-electron chi connectivity index (χ4n) is 2.14. The number of hydrogen-bond acceptors (Lipinski definition) is 2. The smallest absolute Gasteiger partial charge is 0.388 e. The first-order chi connectivity index (χ1) is 7.14. The molecule has 16 heavy (non-hydrogen) atoms. The molecule has 1 fully saturated rings. The highest BCUT2D eigenvalue weighted by Gasteiger charge is 2.47. The molecule has 1 N–H and O–H groups in total. The number of likely N-dealkylation sites (tertiary alicyclic amines) is 1. The number of halogens is 3. The fourth-order valence-corrected chi connectivity index (χ4v) is 2.14. The van der Waals surface area contributed by atoms with Gasteiger partial charge in [-0.1, -0.05) is 13.8 Å². The summed E-state index contributed by atoms with van der Waals surface area (Å²) in [5.41, 5.74) is -1.16. The Balaban J connectivity index is 2.62. The second kappa shape index (κ2) is 4.24. The molecule has 94 valence electrons. The lowest BCUT2D eigenvalue weighted by Gasteiger charge is -2.25. The minimum atomic E-state index is -4.84. The highest BCUT2D eigenvalue weighted by molar-refractivity contribution is 5.82. The van der Waals surface area contributed by atoms with Crippen LogP contribution in [0.5, 0.6) is 0 Å². The van der Waals surface area contributed by atoms with Crippen LogP contribution in [0, 0.1) is 5.92 Å². The average molecular weight is 239 g/mol. The minimum Gasteiger partial charge on any atom is -0.388 e. The van der Waals surface area contributed by atoms with E-state index >= 15 is 0 Å². The molecule has 0 radical (unpaired) electrons. The SMILES string of the molecule is CC(C)CC1(O)CCN(C(=O)C(F)(F)F)C1. The van der Waals surface area contributed by atoms with Crippen LogP contribution in [-0.2, 0) is 4.79 Å². The van der Waals surface area contributed by atoms with Crippen molar-refractivity contribution in [1.29, 1.82) is 0 Å². The maximum atomic E-state index is 12.1. The molecule has 3 nitrogen and oxygen atoms in total. The van der Waals surface area contributed by atoms with Crippen LogP contribution < -0.4 is 0 Å². The molecule has 1 saturated heterocycles. The Labute approximate surface area is 92.2 Å². The zero-order valence-electron chi connectivity index (χ0n) is 9.34. The Bertz CT molecular complexity index is 278. The largest absolute Gasteiger partial charge is 0.471 e. The molecule has 0 aliphatic carbocycles. The Kier molecular flexibility index (Phi) is 3.52. The van der Waals surface area contributed by atoms with Gasteiger partial charge in [-0.15, -0.1) is 0 Å². The van der Waals surface area contributed by atoms with Crippen molar-refractivity contribution in [1.82, 2.24) is 4.90 Å². The van der Waals surface area contributed by atoms with Gasteiger partial charge in [-0.25, -0.2) is 0 Å². The second-order valence-corrected chi connectivity index (χ2v) is 4.80. The topological polar surface area (TPSA) is 40.5 Å². The highest BCUT2D eigenvalue weighted by atomic mass is 19.4. The van der Waals surface area contributed by atoms with E-state index in [-0.39, 0.29) is 25.4 Å². The average Bonchev–Trinajstić information content (AvgIpc) is 2.43. The third-order valence-electron chi connectivity index (χ3n) is 2.65. The molecule has 1 aliphatic heterocycles. The molecule has 1 unspecified atom stereocenters. The van der Waals surface area contributed by atoms with Gasteiger partial charge in [0, 0.05) is 13.1 Å². The number of rotatable bonds is 2. The molecule has 0 bridgehead atoms. The number of amides is 1. The first-order valence-corrected chi connectivity index (χ1v) is 5.22. The van der Waals surface area contributed by atoms with Crippen LogP contribution in [0.3, 0.4) is 0 Å². The van der Waals surface area contributed by atoms with Gasteiger partial charge in [0.25, 0.3) is 0 Å². The first-order valence-electron chi connectivity index (χ1n) is 5.22. The number of carbonyl (C=O) groups is 1. The Morgan fingerprint density at radius 2 is 2.06 bits per heavy atom. The number of alkyl halides is 3. The summed E-state index contributed by atoms with van der Waals surface area (Å²) >= 11 is 0. The fraction of sp³-hybridized carbons (Fsp3) is 0.900. The van der Waals surface area contributed by atoms with E-state index in [9.17, 15) is 23.1 Å². The summed E-state index contributed by atoms with van der Waals surface area (Å²) in [5, 5.41) is 9.99. The van der Waals surface area contributed by atoms with Crippen LogP contribution >= 0.6 is 0 Å². The minimum absolute atomic E-state index is 0.0262. The molecule has 1 aliphatic rings. The van der Waals surface area contributed by atoms with Crippen molar-refractivity contribution in [3.8, 4) is 0 Å². The number of aliphatic hydroxyl groups is 1. The predicted molar refractivity (Wildman–Crippen MR) is 51.7 cm³/mol. The van der Waals surface area contributed by atoms with Crippen LogP contribution in [0.25, 0.3) is 0 Å².